The van der Waals surface area contributed by atoms with Crippen LogP contribution in [-0.4, -0.2) is 27.6 Å². The summed E-state index contributed by atoms with van der Waals surface area (Å²) in [6.45, 7) is 0.421. The van der Waals surface area contributed by atoms with Crippen molar-refractivity contribution in [3.63, 3.8) is 0 Å². The van der Waals surface area contributed by atoms with Crippen LogP contribution in [0, 0.1) is 0 Å². The quantitative estimate of drug-likeness (QED) is 0.597. The topological polar surface area (TPSA) is 53.4 Å². The molecule has 0 saturated carbocycles. The molecule has 1 aromatic heterocycles. The van der Waals surface area contributed by atoms with Gasteiger partial charge in [0.1, 0.15) is 0 Å². The Morgan fingerprint density at radius 2 is 2.58 bits per heavy atom. The smallest absolute Gasteiger partial charge is 0.411 e. The zero-order chi connectivity index (χ0) is 8.55. The third-order valence-electron chi connectivity index (χ3n) is 1.62. The molecular weight excluding hydrogens is 176 g/mol. The monoisotopic (exact) mass is 182 g/mol. The Morgan fingerprint density at radius 1 is 1.75 bits per heavy atom. The van der Waals surface area contributed by atoms with Crippen molar-refractivity contribution in [1.82, 2.24) is 9.88 Å². The van der Waals surface area contributed by atoms with Crippen LogP contribution in [-0.2, 0) is 0 Å². The zero-order valence-electron chi connectivity index (χ0n) is 6.10. The minimum absolute atomic E-state index is 0.421. The molecule has 2 rings (SSSR count). The molecule has 1 aromatic rings. The molecule has 1 N–H and O–H groups in total. The highest BCUT2D eigenvalue weighted by Gasteiger charge is 2.09. The maximum atomic E-state index is 10.5. The van der Waals surface area contributed by atoms with Crippen molar-refractivity contribution in [3.8, 4) is 0 Å². The van der Waals surface area contributed by atoms with Crippen LogP contribution in [0.5, 0.6) is 0 Å². The van der Waals surface area contributed by atoms with Gasteiger partial charge in [-0.05, 0) is 6.08 Å². The predicted molar refractivity (Wildman–Crippen MR) is 45.0 cm³/mol. The fourth-order valence-corrected chi connectivity index (χ4v) is 1.71. The molecule has 0 aromatic carbocycles. The number of carbonyl (C=O) groups is 1. The average Bonchev–Trinajstić information content (AvgIpc) is 2.49. The SMILES string of the molecule is O=C(O)N1C=c2ncsc2=CC1. The fourth-order valence-electron chi connectivity index (χ4n) is 1.03. The number of nitrogens with zero attached hydrogens (tertiary/aromatic N) is 2. The number of aromatic nitrogens is 1. The summed E-state index contributed by atoms with van der Waals surface area (Å²) in [5, 5.41) is 9.40. The molecule has 1 aliphatic rings. The van der Waals surface area contributed by atoms with Crippen LogP contribution in [0.4, 0.5) is 4.79 Å². The average molecular weight is 182 g/mol. The zero-order valence-corrected chi connectivity index (χ0v) is 6.91. The fraction of sp³-hybridized carbons (Fsp3) is 0.143. The van der Waals surface area contributed by atoms with E-state index in [2.05, 4.69) is 4.98 Å². The van der Waals surface area contributed by atoms with Crippen molar-refractivity contribution >= 4 is 29.7 Å². The molecule has 5 heteroatoms. The Hall–Kier alpha value is -1.36. The molecular formula is C7H6N2O2S. The first-order valence-corrected chi connectivity index (χ1v) is 4.26. The van der Waals surface area contributed by atoms with Gasteiger partial charge in [-0.1, -0.05) is 0 Å². The van der Waals surface area contributed by atoms with Gasteiger partial charge in [-0.2, -0.15) is 0 Å². The summed E-state index contributed by atoms with van der Waals surface area (Å²) in [6, 6.07) is 0. The van der Waals surface area contributed by atoms with Gasteiger partial charge < -0.3 is 5.11 Å². The Labute approximate surface area is 72.1 Å². The molecule has 0 saturated heterocycles. The van der Waals surface area contributed by atoms with E-state index in [1.165, 1.54) is 16.2 Å². The molecule has 4 nitrogen and oxygen atoms in total. The van der Waals surface area contributed by atoms with E-state index in [4.69, 9.17) is 5.11 Å². The lowest BCUT2D eigenvalue weighted by Crippen LogP contribution is -2.36. The van der Waals surface area contributed by atoms with Gasteiger partial charge in [-0.25, -0.2) is 9.78 Å². The maximum Gasteiger partial charge on any atom is 0.411 e. The van der Waals surface area contributed by atoms with Gasteiger partial charge in [0, 0.05) is 12.7 Å². The summed E-state index contributed by atoms with van der Waals surface area (Å²) >= 11 is 1.52. The summed E-state index contributed by atoms with van der Waals surface area (Å²) < 4.78 is 1.05. The predicted octanol–water partition coefficient (Wildman–Crippen LogP) is -0.345. The van der Waals surface area contributed by atoms with E-state index in [0.29, 0.717) is 6.54 Å². The van der Waals surface area contributed by atoms with Crippen LogP contribution in [0.1, 0.15) is 0 Å². The van der Waals surface area contributed by atoms with Crippen LogP contribution in [0.25, 0.3) is 12.3 Å². The molecule has 62 valence electrons. The first-order chi connectivity index (χ1) is 5.77. The van der Waals surface area contributed by atoms with Gasteiger partial charge in [0.25, 0.3) is 0 Å². The van der Waals surface area contributed by atoms with E-state index < -0.39 is 6.09 Å². The summed E-state index contributed by atoms with van der Waals surface area (Å²) in [4.78, 5) is 15.8. The van der Waals surface area contributed by atoms with Crippen LogP contribution in [0.2, 0.25) is 0 Å². The van der Waals surface area contributed by atoms with Crippen molar-refractivity contribution in [2.75, 3.05) is 6.54 Å². The van der Waals surface area contributed by atoms with E-state index in [1.807, 2.05) is 6.08 Å². The second-order valence-corrected chi connectivity index (χ2v) is 3.26. The molecule has 0 aliphatic carbocycles. The lowest BCUT2D eigenvalue weighted by molar-refractivity contribution is 0.171. The molecule has 0 atom stereocenters. The second kappa shape index (κ2) is 2.60. The van der Waals surface area contributed by atoms with Crippen LogP contribution < -0.4 is 9.88 Å². The Kier molecular flexibility index (Phi) is 1.58. The molecule has 1 amide bonds. The minimum Gasteiger partial charge on any atom is -0.465 e. The molecule has 12 heavy (non-hydrogen) atoms. The molecule has 0 bridgehead atoms. The highest BCUT2D eigenvalue weighted by atomic mass is 32.1. The van der Waals surface area contributed by atoms with E-state index in [1.54, 1.807) is 11.7 Å². The van der Waals surface area contributed by atoms with Crippen molar-refractivity contribution in [2.24, 2.45) is 0 Å². The third kappa shape index (κ3) is 1.08. The Bertz CT molecular complexity index is 423. The van der Waals surface area contributed by atoms with Gasteiger partial charge >= 0.3 is 6.09 Å². The summed E-state index contributed by atoms with van der Waals surface area (Å²) in [7, 11) is 0. The van der Waals surface area contributed by atoms with Gasteiger partial charge in [-0.15, -0.1) is 11.3 Å². The lowest BCUT2D eigenvalue weighted by Gasteiger charge is -2.12. The van der Waals surface area contributed by atoms with E-state index >= 15 is 0 Å². The summed E-state index contributed by atoms with van der Waals surface area (Å²) in [6.07, 6.45) is 2.47. The summed E-state index contributed by atoms with van der Waals surface area (Å²) in [5.41, 5.74) is 1.71. The third-order valence-corrected chi connectivity index (χ3v) is 2.46. The first kappa shape index (κ1) is 7.30. The van der Waals surface area contributed by atoms with E-state index in [-0.39, 0.29) is 0 Å². The number of thiazole rings is 1. The molecule has 0 radical (unpaired) electrons. The van der Waals surface area contributed by atoms with Crippen LogP contribution in [0.3, 0.4) is 0 Å². The first-order valence-electron chi connectivity index (χ1n) is 3.38. The molecule has 0 spiro atoms. The van der Waals surface area contributed by atoms with E-state index in [9.17, 15) is 4.79 Å². The largest absolute Gasteiger partial charge is 0.465 e. The molecule has 0 fully saturated rings. The van der Waals surface area contributed by atoms with Crippen LogP contribution in [0.15, 0.2) is 5.51 Å². The highest BCUT2D eigenvalue weighted by molar-refractivity contribution is 7.07. The number of fused-ring (bicyclic) bond motifs is 1. The van der Waals surface area contributed by atoms with Crippen molar-refractivity contribution in [2.45, 2.75) is 0 Å². The number of carboxylic acid groups (broad SMARTS) is 1. The Morgan fingerprint density at radius 3 is 3.33 bits per heavy atom. The summed E-state index contributed by atoms with van der Waals surface area (Å²) in [5.74, 6) is 0. The number of amides is 1. The van der Waals surface area contributed by atoms with Gasteiger partial charge in [0.05, 0.1) is 15.4 Å². The van der Waals surface area contributed by atoms with Gasteiger partial charge in [0.15, 0.2) is 0 Å². The molecule has 0 unspecified atom stereocenters. The minimum atomic E-state index is -0.940. The second-order valence-electron chi connectivity index (χ2n) is 2.37. The van der Waals surface area contributed by atoms with Crippen LogP contribution >= 0.6 is 11.3 Å². The van der Waals surface area contributed by atoms with Crippen molar-refractivity contribution in [3.05, 3.63) is 15.4 Å². The van der Waals surface area contributed by atoms with E-state index in [0.717, 1.165) is 9.88 Å². The Balaban J connectivity index is 2.52. The lowest BCUT2D eigenvalue weighted by atomic mass is 10.4. The van der Waals surface area contributed by atoms with Crippen molar-refractivity contribution in [1.29, 1.82) is 0 Å². The maximum absolute atomic E-state index is 10.5. The van der Waals surface area contributed by atoms with Gasteiger partial charge in [0.2, 0.25) is 0 Å². The van der Waals surface area contributed by atoms with Gasteiger partial charge in [-0.3, -0.25) is 4.90 Å². The number of hydrogen-bond acceptors (Lipinski definition) is 3. The number of rotatable bonds is 0. The van der Waals surface area contributed by atoms with Crippen molar-refractivity contribution < 1.29 is 9.90 Å². The molecule has 1 aliphatic heterocycles. The normalized spacial score (nSPS) is 14.5. The molecule has 2 heterocycles. The number of hydrogen-bond donors (Lipinski definition) is 1. The highest BCUT2D eigenvalue weighted by Crippen LogP contribution is 1.94. The standard InChI is InChI=1S/C7H6N2O2S/c10-7(11)9-2-1-6-5(3-9)8-4-12-6/h1,3-4H,2H2,(H,10,11).